The van der Waals surface area contributed by atoms with Gasteiger partial charge in [0, 0.05) is 44.0 Å². The predicted octanol–water partition coefficient (Wildman–Crippen LogP) is 5.26. The molecule has 1 saturated carbocycles. The van der Waals surface area contributed by atoms with E-state index >= 15 is 0 Å². The summed E-state index contributed by atoms with van der Waals surface area (Å²) in [5, 5.41) is 14.5. The third-order valence-corrected chi connectivity index (χ3v) is 8.66. The highest BCUT2D eigenvalue weighted by Gasteiger charge is 2.38. The van der Waals surface area contributed by atoms with Crippen molar-refractivity contribution < 1.29 is 32.4 Å². The van der Waals surface area contributed by atoms with Crippen LogP contribution >= 0.6 is 11.3 Å². The number of rotatable bonds is 7. The molecule has 1 aromatic heterocycles. The highest BCUT2D eigenvalue weighted by atomic mass is 32.1. The van der Waals surface area contributed by atoms with E-state index in [1.54, 1.807) is 9.80 Å². The maximum atomic E-state index is 13.3. The van der Waals surface area contributed by atoms with Gasteiger partial charge >= 0.3 is 6.18 Å². The highest BCUT2D eigenvalue weighted by molar-refractivity contribution is 7.20. The smallest absolute Gasteiger partial charge is 0.382 e. The Morgan fingerprint density at radius 2 is 1.76 bits per heavy atom. The van der Waals surface area contributed by atoms with Crippen LogP contribution in [0.2, 0.25) is 0 Å². The first kappa shape index (κ1) is 29.7. The van der Waals surface area contributed by atoms with Crippen molar-refractivity contribution in [2.75, 3.05) is 38.1 Å². The molecule has 0 bridgehead atoms. The van der Waals surface area contributed by atoms with E-state index in [0.717, 1.165) is 27.9 Å². The first-order valence-corrected chi connectivity index (χ1v) is 14.5. The van der Waals surface area contributed by atoms with Gasteiger partial charge in [-0.15, -0.1) is 11.3 Å². The molecule has 14 heteroatoms. The highest BCUT2D eigenvalue weighted by Crippen LogP contribution is 2.38. The molecule has 2 fully saturated rings. The average Bonchev–Trinajstić information content (AvgIpc) is 3.39. The van der Waals surface area contributed by atoms with E-state index in [1.165, 1.54) is 17.4 Å². The van der Waals surface area contributed by atoms with Crippen molar-refractivity contribution in [1.29, 1.82) is 0 Å². The normalized spacial score (nSPS) is 19.6. The molecule has 1 aliphatic heterocycles. The number of fused-ring (bicyclic) bond motifs is 1. The van der Waals surface area contributed by atoms with Gasteiger partial charge < -0.3 is 19.9 Å². The fraction of sp³-hybridized carbons (Fsp3) is 0.464. The molecule has 10 nitrogen and oxygen atoms in total. The number of ether oxygens (including phenoxy) is 1. The van der Waals surface area contributed by atoms with Crippen LogP contribution in [-0.2, 0) is 15.7 Å². The second kappa shape index (κ2) is 12.2. The number of benzene rings is 2. The number of anilines is 1. The molecule has 5 rings (SSSR count). The second-order valence-corrected chi connectivity index (χ2v) is 11.6. The number of hydrogen-bond acceptors (Lipinski definition) is 8. The fourth-order valence-corrected chi connectivity index (χ4v) is 6.24. The minimum atomic E-state index is -4.84. The molecule has 224 valence electrons. The largest absolute Gasteiger partial charge is 0.423 e. The number of carbonyl (C=O) groups is 2. The molecule has 42 heavy (non-hydrogen) atoms. The van der Waals surface area contributed by atoms with Crippen LogP contribution in [-0.4, -0.2) is 76.5 Å². The van der Waals surface area contributed by atoms with Gasteiger partial charge in [-0.3, -0.25) is 19.7 Å². The van der Waals surface area contributed by atoms with Crippen LogP contribution < -0.4 is 5.32 Å². The molecule has 1 N–H and O–H groups in total. The van der Waals surface area contributed by atoms with Crippen molar-refractivity contribution in [3.63, 3.8) is 0 Å². The van der Waals surface area contributed by atoms with Crippen molar-refractivity contribution in [3.8, 4) is 0 Å². The molecule has 0 unspecified atom stereocenters. The average molecular weight is 606 g/mol. The Morgan fingerprint density at radius 3 is 2.43 bits per heavy atom. The molecule has 3 aromatic rings. The summed E-state index contributed by atoms with van der Waals surface area (Å²) >= 11 is 1.37. The molecule has 2 heterocycles. The number of thiazole rings is 1. The van der Waals surface area contributed by atoms with Crippen LogP contribution in [0.25, 0.3) is 10.2 Å². The van der Waals surface area contributed by atoms with E-state index in [1.807, 2.05) is 25.1 Å². The Hall–Kier alpha value is -3.78. The molecule has 1 aliphatic carbocycles. The molecule has 2 aromatic carbocycles. The molecule has 0 spiro atoms. The summed E-state index contributed by atoms with van der Waals surface area (Å²) in [7, 11) is 0. The lowest BCUT2D eigenvalue weighted by Gasteiger charge is -2.35. The number of alkyl halides is 3. The zero-order valence-corrected chi connectivity index (χ0v) is 23.7. The van der Waals surface area contributed by atoms with E-state index in [2.05, 4.69) is 10.3 Å². The number of carbonyl (C=O) groups excluding carboxylic acids is 2. The number of halogens is 3. The lowest BCUT2D eigenvalue weighted by molar-refractivity contribution is -0.388. The van der Waals surface area contributed by atoms with Crippen LogP contribution in [0, 0.1) is 17.0 Å². The minimum Gasteiger partial charge on any atom is -0.382 e. The van der Waals surface area contributed by atoms with Crippen molar-refractivity contribution in [3.05, 3.63) is 62.6 Å². The third kappa shape index (κ3) is 6.81. The van der Waals surface area contributed by atoms with Crippen LogP contribution in [0.3, 0.4) is 0 Å². The van der Waals surface area contributed by atoms with Gasteiger partial charge in [0.05, 0.1) is 21.2 Å². The Labute approximate surface area is 243 Å². The predicted molar refractivity (Wildman–Crippen MR) is 151 cm³/mol. The van der Waals surface area contributed by atoms with Crippen LogP contribution in [0.5, 0.6) is 0 Å². The van der Waals surface area contributed by atoms with E-state index in [9.17, 15) is 32.9 Å². The summed E-state index contributed by atoms with van der Waals surface area (Å²) in [6.45, 7) is 3.54. The van der Waals surface area contributed by atoms with E-state index in [0.29, 0.717) is 56.9 Å². The van der Waals surface area contributed by atoms with Gasteiger partial charge in [-0.05, 0) is 62.4 Å². The third-order valence-electron chi connectivity index (χ3n) is 7.63. The van der Waals surface area contributed by atoms with Gasteiger partial charge in [0.1, 0.15) is 12.2 Å². The number of hydrogen-bond donors (Lipinski definition) is 1. The van der Waals surface area contributed by atoms with Crippen molar-refractivity contribution in [2.45, 2.75) is 50.9 Å². The molecule has 2 amide bonds. The Morgan fingerprint density at radius 1 is 1.07 bits per heavy atom. The van der Waals surface area contributed by atoms with E-state index in [4.69, 9.17) is 4.74 Å². The minimum absolute atomic E-state index is 0.0782. The Balaban J connectivity index is 1.05. The fourth-order valence-electron chi connectivity index (χ4n) is 5.33. The molecule has 0 radical (unpaired) electrons. The summed E-state index contributed by atoms with van der Waals surface area (Å²) < 4.78 is 46.6. The summed E-state index contributed by atoms with van der Waals surface area (Å²) in [6.07, 6.45) is -2.52. The molecular formula is C28H30F3N5O5S. The van der Waals surface area contributed by atoms with Gasteiger partial charge in [-0.2, -0.15) is 13.2 Å². The molecule has 1 saturated heterocycles. The van der Waals surface area contributed by atoms with Crippen LogP contribution in [0.1, 0.15) is 46.6 Å². The quantitative estimate of drug-likeness (QED) is 0.289. The monoisotopic (exact) mass is 605 g/mol. The lowest BCUT2D eigenvalue weighted by Crippen LogP contribution is -2.51. The number of nitro benzene ring substituents is 1. The van der Waals surface area contributed by atoms with Gasteiger partial charge in [0.2, 0.25) is 5.91 Å². The molecular weight excluding hydrogens is 575 g/mol. The molecule has 2 aliphatic rings. The van der Waals surface area contributed by atoms with E-state index in [-0.39, 0.29) is 36.3 Å². The van der Waals surface area contributed by atoms with Crippen molar-refractivity contribution in [2.24, 2.45) is 0 Å². The summed E-state index contributed by atoms with van der Waals surface area (Å²) in [5.41, 5.74) is -0.211. The lowest BCUT2D eigenvalue weighted by atomic mass is 9.92. The number of nitrogens with zero attached hydrogens (tertiary/aromatic N) is 4. The van der Waals surface area contributed by atoms with Gasteiger partial charge in [0.15, 0.2) is 5.01 Å². The van der Waals surface area contributed by atoms with Crippen LogP contribution in [0.4, 0.5) is 24.5 Å². The van der Waals surface area contributed by atoms with Gasteiger partial charge in [-0.25, -0.2) is 4.98 Å². The number of piperazine rings is 1. The molecule has 0 atom stereocenters. The van der Waals surface area contributed by atoms with E-state index < -0.39 is 22.4 Å². The SMILES string of the molecule is Cc1ccc2sc(C(=O)N3CCN(C(=O)COC4CCC(Nc5ccc([N+](=O)[O-])c(C(F)(F)F)c5)CC4)CC3)nc2c1. The number of aromatic nitrogens is 1. The Bertz CT molecular complexity index is 1480. The zero-order valence-electron chi connectivity index (χ0n) is 22.9. The first-order chi connectivity index (χ1) is 20.0. The van der Waals surface area contributed by atoms with Gasteiger partial charge in [-0.1, -0.05) is 6.07 Å². The number of amides is 2. The van der Waals surface area contributed by atoms with Gasteiger partial charge in [0.25, 0.3) is 11.6 Å². The van der Waals surface area contributed by atoms with Crippen molar-refractivity contribution in [1.82, 2.24) is 14.8 Å². The standard InChI is InChI=1S/C28H30F3N5O5S/c1-17-2-9-24-22(14-17)33-26(42-24)27(38)35-12-10-34(11-13-35)25(37)16-41-20-6-3-18(4-7-20)32-19-5-8-23(36(39)40)21(15-19)28(29,30)31/h2,5,8-9,14-15,18,20,32H,3-4,6-7,10-13,16H2,1H3. The maximum absolute atomic E-state index is 13.3. The number of nitrogens with one attached hydrogen (secondary N) is 1. The van der Waals surface area contributed by atoms with Crippen molar-refractivity contribution >= 4 is 44.7 Å². The first-order valence-electron chi connectivity index (χ1n) is 13.7. The summed E-state index contributed by atoms with van der Waals surface area (Å²) in [5.74, 6) is -0.283. The topological polar surface area (TPSA) is 118 Å². The number of nitro groups is 1. The second-order valence-electron chi connectivity index (χ2n) is 10.6. The number of aryl methyl sites for hydroxylation is 1. The Kier molecular flexibility index (Phi) is 8.64. The zero-order chi connectivity index (χ0) is 30.0. The van der Waals surface area contributed by atoms with Crippen LogP contribution in [0.15, 0.2) is 36.4 Å². The summed E-state index contributed by atoms with van der Waals surface area (Å²) in [4.78, 5) is 43.6. The maximum Gasteiger partial charge on any atom is 0.423 e. The summed E-state index contributed by atoms with van der Waals surface area (Å²) in [6, 6.07) is 8.70.